The summed E-state index contributed by atoms with van der Waals surface area (Å²) in [5, 5.41) is 17.6. The van der Waals surface area contributed by atoms with Crippen molar-refractivity contribution in [2.24, 2.45) is 5.41 Å². The SMILES string of the molecule is O=C(O)C(F)(F)F.O=C(O)C(F)(F)F.O=c1cc(CN2CCc3ccccc3C2)occ1OC1CC2(CNC2)C1. The van der Waals surface area contributed by atoms with Gasteiger partial charge in [0.25, 0.3) is 0 Å². The molecular formula is C25H26F6N2O7. The molecular weight excluding hydrogens is 554 g/mol. The number of nitrogens with zero attached hydrogens (tertiary/aromatic N) is 1. The summed E-state index contributed by atoms with van der Waals surface area (Å²) < 4.78 is 75.0. The summed E-state index contributed by atoms with van der Waals surface area (Å²) in [7, 11) is 0. The number of fused-ring (bicyclic) bond motifs is 1. The van der Waals surface area contributed by atoms with Crippen LogP contribution in [0.4, 0.5) is 26.3 Å². The second kappa shape index (κ2) is 12.3. The van der Waals surface area contributed by atoms with Crippen molar-refractivity contribution in [3.05, 3.63) is 63.7 Å². The van der Waals surface area contributed by atoms with Crippen LogP contribution in [0.25, 0.3) is 0 Å². The van der Waals surface area contributed by atoms with Crippen molar-refractivity contribution < 1.29 is 55.3 Å². The second-order valence-corrected chi connectivity index (χ2v) is 9.66. The summed E-state index contributed by atoms with van der Waals surface area (Å²) in [5.41, 5.74) is 3.16. The number of carboxylic acids is 2. The van der Waals surface area contributed by atoms with E-state index in [1.54, 1.807) is 6.07 Å². The van der Waals surface area contributed by atoms with Gasteiger partial charge in [-0.15, -0.1) is 0 Å². The lowest BCUT2D eigenvalue weighted by atomic mass is 9.63. The van der Waals surface area contributed by atoms with Crippen LogP contribution >= 0.6 is 0 Å². The zero-order chi connectivity index (χ0) is 29.7. The minimum atomic E-state index is -5.08. The zero-order valence-corrected chi connectivity index (χ0v) is 20.8. The molecule has 1 aromatic heterocycles. The van der Waals surface area contributed by atoms with Crippen molar-refractivity contribution in [1.82, 2.24) is 10.2 Å². The van der Waals surface area contributed by atoms with Crippen molar-refractivity contribution >= 4 is 11.9 Å². The number of aliphatic carboxylic acids is 2. The van der Waals surface area contributed by atoms with Gasteiger partial charge < -0.3 is 24.7 Å². The Hall–Kier alpha value is -3.59. The summed E-state index contributed by atoms with van der Waals surface area (Å²) in [6, 6.07) is 10.1. The largest absolute Gasteiger partial charge is 0.490 e. The molecule has 40 heavy (non-hydrogen) atoms. The molecule has 1 aliphatic carbocycles. The van der Waals surface area contributed by atoms with Crippen LogP contribution in [0.3, 0.4) is 0 Å². The van der Waals surface area contributed by atoms with Crippen LogP contribution in [0.1, 0.15) is 29.7 Å². The summed E-state index contributed by atoms with van der Waals surface area (Å²) >= 11 is 0. The van der Waals surface area contributed by atoms with Gasteiger partial charge in [0.05, 0.1) is 6.54 Å². The van der Waals surface area contributed by atoms with Crippen LogP contribution in [0, 0.1) is 5.41 Å². The first-order valence-electron chi connectivity index (χ1n) is 12.0. The number of benzene rings is 1. The third kappa shape index (κ3) is 8.45. The summed E-state index contributed by atoms with van der Waals surface area (Å²) in [6.45, 7) is 4.70. The van der Waals surface area contributed by atoms with Crippen molar-refractivity contribution in [2.75, 3.05) is 19.6 Å². The predicted molar refractivity (Wildman–Crippen MR) is 126 cm³/mol. The Balaban J connectivity index is 0.000000263. The van der Waals surface area contributed by atoms with Crippen LogP contribution in [-0.4, -0.2) is 65.1 Å². The number of carboxylic acid groups (broad SMARTS) is 2. The fourth-order valence-corrected chi connectivity index (χ4v) is 4.45. The quantitative estimate of drug-likeness (QED) is 0.465. The Morgan fingerprint density at radius 1 is 1.02 bits per heavy atom. The Labute approximate surface area is 223 Å². The molecule has 0 atom stereocenters. The minimum Gasteiger partial charge on any atom is -0.483 e. The van der Waals surface area contributed by atoms with E-state index >= 15 is 0 Å². The molecule has 3 N–H and O–H groups in total. The maximum absolute atomic E-state index is 12.4. The standard InChI is InChI=1S/C21H24N2O3.2C2HF3O2/c24-19-7-17(11-23-6-5-15-3-1-2-4-16(15)10-23)25-12-20(19)26-18-8-21(9-18)13-22-14-21;2*3-2(4,5)1(6)7/h1-4,7,12,18,22H,5-6,8-11,13-14H2;2*(H,6,7). The molecule has 0 radical (unpaired) electrons. The van der Waals surface area contributed by atoms with E-state index in [0.29, 0.717) is 23.5 Å². The molecule has 9 nitrogen and oxygen atoms in total. The van der Waals surface area contributed by atoms with Gasteiger partial charge >= 0.3 is 24.3 Å². The van der Waals surface area contributed by atoms with Gasteiger partial charge in [0.15, 0.2) is 0 Å². The highest BCUT2D eigenvalue weighted by Gasteiger charge is 2.49. The van der Waals surface area contributed by atoms with Gasteiger partial charge in [-0.1, -0.05) is 24.3 Å². The molecule has 0 bridgehead atoms. The van der Waals surface area contributed by atoms with Gasteiger partial charge in [-0.2, -0.15) is 26.3 Å². The number of hydrogen-bond acceptors (Lipinski definition) is 7. The van der Waals surface area contributed by atoms with Gasteiger partial charge in [-0.3, -0.25) is 9.69 Å². The predicted octanol–water partition coefficient (Wildman–Crippen LogP) is 3.60. The minimum absolute atomic E-state index is 0.0728. The molecule has 3 heterocycles. The lowest BCUT2D eigenvalue weighted by molar-refractivity contribution is -0.193. The van der Waals surface area contributed by atoms with Gasteiger partial charge in [-0.05, 0) is 30.4 Å². The highest BCUT2D eigenvalue weighted by molar-refractivity contribution is 5.73. The summed E-state index contributed by atoms with van der Waals surface area (Å²) in [5.74, 6) is -4.46. The molecule has 5 rings (SSSR count). The number of halogens is 6. The van der Waals surface area contributed by atoms with Crippen LogP contribution < -0.4 is 15.5 Å². The normalized spacial score (nSPS) is 18.1. The van der Waals surface area contributed by atoms with Crippen LogP contribution in [0.15, 0.2) is 45.8 Å². The maximum Gasteiger partial charge on any atom is 0.490 e. The van der Waals surface area contributed by atoms with E-state index in [2.05, 4.69) is 34.5 Å². The molecule has 1 aromatic carbocycles. The van der Waals surface area contributed by atoms with E-state index < -0.39 is 24.3 Å². The average molecular weight is 580 g/mol. The molecule has 1 saturated carbocycles. The maximum atomic E-state index is 12.4. The van der Waals surface area contributed by atoms with Crippen molar-refractivity contribution in [3.63, 3.8) is 0 Å². The Bertz CT molecular complexity index is 1230. The van der Waals surface area contributed by atoms with Gasteiger partial charge in [0.2, 0.25) is 11.2 Å². The average Bonchev–Trinajstić information content (AvgIpc) is 2.80. The lowest BCUT2D eigenvalue weighted by Gasteiger charge is -2.53. The highest BCUT2D eigenvalue weighted by Crippen LogP contribution is 2.45. The monoisotopic (exact) mass is 580 g/mol. The van der Waals surface area contributed by atoms with E-state index in [1.807, 2.05) is 0 Å². The number of alkyl halides is 6. The molecule has 2 aromatic rings. The smallest absolute Gasteiger partial charge is 0.483 e. The molecule has 1 saturated heterocycles. The van der Waals surface area contributed by atoms with Crippen molar-refractivity contribution in [2.45, 2.75) is 50.8 Å². The van der Waals surface area contributed by atoms with E-state index in [0.717, 1.165) is 45.4 Å². The third-order valence-electron chi connectivity index (χ3n) is 6.54. The number of ether oxygens (including phenoxy) is 1. The Morgan fingerprint density at radius 3 is 2.05 bits per heavy atom. The lowest BCUT2D eigenvalue weighted by Crippen LogP contribution is -2.63. The Morgan fingerprint density at radius 2 is 1.57 bits per heavy atom. The van der Waals surface area contributed by atoms with Crippen LogP contribution in [0.5, 0.6) is 5.75 Å². The Kier molecular flexibility index (Phi) is 9.51. The first kappa shape index (κ1) is 30.9. The molecule has 15 heteroatoms. The molecule has 0 unspecified atom stereocenters. The van der Waals surface area contributed by atoms with E-state index in [1.165, 1.54) is 17.4 Å². The summed E-state index contributed by atoms with van der Waals surface area (Å²) in [4.78, 5) is 32.5. The highest BCUT2D eigenvalue weighted by atomic mass is 19.4. The fraction of sp³-hybridized carbons (Fsp3) is 0.480. The first-order valence-corrected chi connectivity index (χ1v) is 12.0. The topological polar surface area (TPSA) is 129 Å². The second-order valence-electron chi connectivity index (χ2n) is 9.66. The fourth-order valence-electron chi connectivity index (χ4n) is 4.45. The molecule has 0 amide bonds. The van der Waals surface area contributed by atoms with Gasteiger partial charge in [-0.25, -0.2) is 9.59 Å². The van der Waals surface area contributed by atoms with Crippen LogP contribution in [0.2, 0.25) is 0 Å². The van der Waals surface area contributed by atoms with Gasteiger partial charge in [0.1, 0.15) is 18.1 Å². The number of nitrogens with one attached hydrogen (secondary N) is 1. The number of hydrogen-bond donors (Lipinski definition) is 3. The van der Waals surface area contributed by atoms with E-state index in [4.69, 9.17) is 29.0 Å². The molecule has 2 fully saturated rings. The van der Waals surface area contributed by atoms with E-state index in [9.17, 15) is 31.1 Å². The third-order valence-corrected chi connectivity index (χ3v) is 6.54. The van der Waals surface area contributed by atoms with E-state index in [-0.39, 0.29) is 11.5 Å². The number of carbonyl (C=O) groups is 2. The summed E-state index contributed by atoms with van der Waals surface area (Å²) in [6.07, 6.45) is -5.40. The number of rotatable bonds is 4. The van der Waals surface area contributed by atoms with Crippen molar-refractivity contribution in [3.8, 4) is 5.75 Å². The van der Waals surface area contributed by atoms with Gasteiger partial charge in [0, 0.05) is 37.7 Å². The molecule has 2 aliphatic heterocycles. The molecule has 220 valence electrons. The molecule has 3 aliphatic rings. The van der Waals surface area contributed by atoms with Crippen LogP contribution in [-0.2, 0) is 29.1 Å². The molecule has 1 spiro atoms. The zero-order valence-electron chi connectivity index (χ0n) is 20.8. The van der Waals surface area contributed by atoms with Crippen molar-refractivity contribution in [1.29, 1.82) is 0 Å². The first-order chi connectivity index (χ1) is 18.6.